The third-order valence-corrected chi connectivity index (χ3v) is 4.36. The molecule has 1 aromatic rings. The quantitative estimate of drug-likeness (QED) is 0.579. The fraction of sp³-hybridized carbons (Fsp3) is 0.462. The van der Waals surface area contributed by atoms with Crippen LogP contribution in [0, 0.1) is 15.3 Å². The van der Waals surface area contributed by atoms with E-state index in [1.807, 2.05) is 27.5 Å². The number of rotatable bonds is 3. The second-order valence-electron chi connectivity index (χ2n) is 4.51. The Morgan fingerprint density at radius 2 is 2.33 bits per heavy atom. The van der Waals surface area contributed by atoms with Gasteiger partial charge < -0.3 is 4.90 Å². The Balaban J connectivity index is 2.08. The van der Waals surface area contributed by atoms with Crippen LogP contribution in [-0.2, 0) is 0 Å². The minimum absolute atomic E-state index is 0.00327. The molecule has 1 aliphatic rings. The summed E-state index contributed by atoms with van der Waals surface area (Å²) >= 11 is 7.72. The average Bonchev–Trinajstić information content (AvgIpc) is 2.77. The van der Waals surface area contributed by atoms with Crippen LogP contribution in [0.3, 0.4) is 0 Å². The number of halogens is 3. The van der Waals surface area contributed by atoms with Crippen molar-refractivity contribution in [1.29, 1.82) is 0 Å². The van der Waals surface area contributed by atoms with Crippen molar-refractivity contribution in [2.75, 3.05) is 19.0 Å². The van der Waals surface area contributed by atoms with Gasteiger partial charge in [-0.25, -0.2) is 4.39 Å². The van der Waals surface area contributed by atoms with Crippen molar-refractivity contribution in [3.8, 4) is 0 Å². The summed E-state index contributed by atoms with van der Waals surface area (Å²) in [7, 11) is 0. The van der Waals surface area contributed by atoms with E-state index in [1.165, 1.54) is 12.1 Å². The van der Waals surface area contributed by atoms with Crippen LogP contribution in [0.2, 0.25) is 0 Å². The van der Waals surface area contributed by atoms with E-state index >= 15 is 0 Å². The molecule has 1 aliphatic heterocycles. The number of likely N-dealkylation sites (tertiary alicyclic amines) is 1. The number of hydrogen-bond donors (Lipinski definition) is 0. The number of benzene rings is 1. The molecule has 0 spiro atoms. The monoisotopic (exact) mass is 381 g/mol. The molecule has 0 bridgehead atoms. The van der Waals surface area contributed by atoms with Crippen LogP contribution in [0.1, 0.15) is 23.2 Å². The van der Waals surface area contributed by atoms with Crippen LogP contribution in [0.15, 0.2) is 18.2 Å². The lowest BCUT2D eigenvalue weighted by Crippen LogP contribution is -2.29. The van der Waals surface area contributed by atoms with Gasteiger partial charge in [0.1, 0.15) is 5.82 Å². The highest BCUT2D eigenvalue weighted by Crippen LogP contribution is 2.23. The lowest BCUT2D eigenvalue weighted by atomic mass is 10.1. The summed E-state index contributed by atoms with van der Waals surface area (Å²) < 4.78 is 13.7. The number of carbonyl (C=O) groups is 1. The minimum Gasteiger partial charge on any atom is -0.338 e. The lowest BCUT2D eigenvalue weighted by molar-refractivity contribution is 0.0786. The van der Waals surface area contributed by atoms with Gasteiger partial charge in [-0.1, -0.05) is 0 Å². The average molecular weight is 382 g/mol. The van der Waals surface area contributed by atoms with Crippen molar-refractivity contribution < 1.29 is 9.18 Å². The van der Waals surface area contributed by atoms with E-state index in [-0.39, 0.29) is 11.7 Å². The van der Waals surface area contributed by atoms with Crippen molar-refractivity contribution in [2.24, 2.45) is 5.92 Å². The van der Waals surface area contributed by atoms with E-state index in [1.54, 1.807) is 6.07 Å². The summed E-state index contributed by atoms with van der Waals surface area (Å²) in [6, 6.07) is 4.29. The van der Waals surface area contributed by atoms with E-state index in [2.05, 4.69) is 0 Å². The molecule has 5 heteroatoms. The number of nitrogens with zero attached hydrogens (tertiary/aromatic N) is 1. The van der Waals surface area contributed by atoms with Crippen molar-refractivity contribution in [3.05, 3.63) is 33.1 Å². The topological polar surface area (TPSA) is 20.3 Å². The Hall–Kier alpha value is -0.360. The zero-order chi connectivity index (χ0) is 13.1. The molecule has 98 valence electrons. The first kappa shape index (κ1) is 14.1. The predicted molar refractivity (Wildman–Crippen MR) is 78.5 cm³/mol. The van der Waals surface area contributed by atoms with Gasteiger partial charge in [0, 0.05) is 22.5 Å². The van der Waals surface area contributed by atoms with E-state index in [4.69, 9.17) is 11.6 Å². The molecule has 0 saturated carbocycles. The van der Waals surface area contributed by atoms with E-state index in [0.717, 1.165) is 25.9 Å². The zero-order valence-electron chi connectivity index (χ0n) is 9.83. The number of carbonyl (C=O) groups excluding carboxylic acids is 1. The standard InChI is InChI=1S/C13H14ClFINO/c14-5-3-9-4-6-17(8-9)13(18)11-2-1-10(15)7-12(11)16/h1-2,7,9H,3-6,8H2. The fourth-order valence-corrected chi connectivity index (χ4v) is 3.26. The summed E-state index contributed by atoms with van der Waals surface area (Å²) in [6.07, 6.45) is 1.96. The van der Waals surface area contributed by atoms with Crippen LogP contribution in [0.4, 0.5) is 4.39 Å². The van der Waals surface area contributed by atoms with Gasteiger partial charge >= 0.3 is 0 Å². The third kappa shape index (κ3) is 3.15. The van der Waals surface area contributed by atoms with E-state index in [9.17, 15) is 9.18 Å². The van der Waals surface area contributed by atoms with Crippen LogP contribution < -0.4 is 0 Å². The molecular formula is C13H14ClFINO. The first-order valence-corrected chi connectivity index (χ1v) is 7.53. The largest absolute Gasteiger partial charge is 0.338 e. The normalized spacial score (nSPS) is 19.3. The summed E-state index contributed by atoms with van der Waals surface area (Å²) in [5, 5.41) is 0. The van der Waals surface area contributed by atoms with Crippen LogP contribution in [0.25, 0.3) is 0 Å². The molecule has 1 saturated heterocycles. The minimum atomic E-state index is -0.308. The molecule has 0 radical (unpaired) electrons. The van der Waals surface area contributed by atoms with Crippen molar-refractivity contribution in [3.63, 3.8) is 0 Å². The third-order valence-electron chi connectivity index (χ3n) is 3.25. The second kappa shape index (κ2) is 6.19. The van der Waals surface area contributed by atoms with Gasteiger partial charge in [-0.2, -0.15) is 0 Å². The molecule has 0 aliphatic carbocycles. The highest BCUT2D eigenvalue weighted by molar-refractivity contribution is 14.1. The first-order chi connectivity index (χ1) is 8.61. The maximum atomic E-state index is 13.0. The molecule has 1 heterocycles. The molecule has 0 N–H and O–H groups in total. The van der Waals surface area contributed by atoms with Gasteiger partial charge in [-0.05, 0) is 59.5 Å². The summed E-state index contributed by atoms with van der Waals surface area (Å²) in [6.45, 7) is 1.53. The highest BCUT2D eigenvalue weighted by atomic mass is 127. The maximum Gasteiger partial charge on any atom is 0.254 e. The van der Waals surface area contributed by atoms with Crippen molar-refractivity contribution in [2.45, 2.75) is 12.8 Å². The van der Waals surface area contributed by atoms with Crippen LogP contribution >= 0.6 is 34.2 Å². The lowest BCUT2D eigenvalue weighted by Gasteiger charge is -2.17. The number of hydrogen-bond acceptors (Lipinski definition) is 1. The predicted octanol–water partition coefficient (Wildman–Crippen LogP) is 3.52. The Morgan fingerprint density at radius 1 is 1.56 bits per heavy atom. The van der Waals surface area contributed by atoms with E-state index < -0.39 is 0 Å². The Morgan fingerprint density at radius 3 is 3.00 bits per heavy atom. The molecule has 0 aromatic heterocycles. The van der Waals surface area contributed by atoms with Gasteiger partial charge in [0.2, 0.25) is 0 Å². The molecule has 1 fully saturated rings. The number of amides is 1. The summed E-state index contributed by atoms with van der Waals surface area (Å²) in [5.41, 5.74) is 0.587. The molecule has 1 unspecified atom stereocenters. The summed E-state index contributed by atoms with van der Waals surface area (Å²) in [4.78, 5) is 14.1. The van der Waals surface area contributed by atoms with Crippen molar-refractivity contribution >= 4 is 40.1 Å². The Bertz CT molecular complexity index is 455. The molecule has 1 amide bonds. The Labute approximate surface area is 125 Å². The van der Waals surface area contributed by atoms with Gasteiger partial charge in [0.15, 0.2) is 0 Å². The van der Waals surface area contributed by atoms with Gasteiger partial charge in [0.05, 0.1) is 5.56 Å². The second-order valence-corrected chi connectivity index (χ2v) is 6.05. The maximum absolute atomic E-state index is 13.0. The smallest absolute Gasteiger partial charge is 0.254 e. The highest BCUT2D eigenvalue weighted by Gasteiger charge is 2.27. The first-order valence-electron chi connectivity index (χ1n) is 5.92. The molecule has 1 atom stereocenters. The molecule has 2 nitrogen and oxygen atoms in total. The molecular weight excluding hydrogens is 368 g/mol. The van der Waals surface area contributed by atoms with Crippen LogP contribution in [-0.4, -0.2) is 29.8 Å². The van der Waals surface area contributed by atoms with Crippen LogP contribution in [0.5, 0.6) is 0 Å². The fourth-order valence-electron chi connectivity index (χ4n) is 2.24. The Kier molecular flexibility index (Phi) is 4.84. The number of alkyl halides is 1. The van der Waals surface area contributed by atoms with Gasteiger partial charge in [0.25, 0.3) is 5.91 Å². The summed E-state index contributed by atoms with van der Waals surface area (Å²) in [5.74, 6) is 0.833. The molecule has 2 rings (SSSR count). The van der Waals surface area contributed by atoms with Gasteiger partial charge in [-0.15, -0.1) is 11.6 Å². The molecule has 1 aromatic carbocycles. The van der Waals surface area contributed by atoms with E-state index in [0.29, 0.717) is 20.9 Å². The van der Waals surface area contributed by atoms with Gasteiger partial charge in [-0.3, -0.25) is 4.79 Å². The van der Waals surface area contributed by atoms with Crippen molar-refractivity contribution in [1.82, 2.24) is 4.90 Å². The SMILES string of the molecule is O=C(c1ccc(F)cc1I)N1CCC(CCCl)C1. The molecule has 18 heavy (non-hydrogen) atoms. The zero-order valence-corrected chi connectivity index (χ0v) is 12.7.